The number of carbonyl (C=O) groups excluding carboxylic acids is 2. The predicted octanol–water partition coefficient (Wildman–Crippen LogP) is 2.40. The van der Waals surface area contributed by atoms with Gasteiger partial charge in [-0.3, -0.25) is 20.4 Å². The van der Waals surface area contributed by atoms with E-state index in [-0.39, 0.29) is 21.9 Å². The van der Waals surface area contributed by atoms with E-state index in [0.29, 0.717) is 6.07 Å². The van der Waals surface area contributed by atoms with Crippen molar-refractivity contribution in [2.45, 2.75) is 0 Å². The third kappa shape index (κ3) is 3.70. The van der Waals surface area contributed by atoms with Gasteiger partial charge in [-0.25, -0.2) is 8.78 Å². The van der Waals surface area contributed by atoms with Gasteiger partial charge >= 0.3 is 0 Å². The van der Waals surface area contributed by atoms with E-state index in [4.69, 9.17) is 11.6 Å². The minimum Gasteiger partial charge on any atom is -0.507 e. The summed E-state index contributed by atoms with van der Waals surface area (Å²) in [5.74, 6) is -3.96. The third-order valence-electron chi connectivity index (χ3n) is 2.62. The molecule has 2 amide bonds. The number of hydrogen-bond donors (Lipinski definition) is 3. The Labute approximate surface area is 128 Å². The zero-order valence-corrected chi connectivity index (χ0v) is 11.6. The number of nitrogens with one attached hydrogen (secondary N) is 2. The number of rotatable bonds is 2. The fourth-order valence-electron chi connectivity index (χ4n) is 1.63. The molecule has 3 N–H and O–H groups in total. The van der Waals surface area contributed by atoms with Gasteiger partial charge in [-0.05, 0) is 30.3 Å². The Kier molecular flexibility index (Phi) is 4.57. The molecule has 0 fully saturated rings. The minimum absolute atomic E-state index is 0.168. The maximum absolute atomic E-state index is 13.0. The van der Waals surface area contributed by atoms with Crippen LogP contribution in [0.4, 0.5) is 8.78 Å². The number of aromatic hydroxyl groups is 1. The second-order valence-corrected chi connectivity index (χ2v) is 4.66. The van der Waals surface area contributed by atoms with Crippen LogP contribution >= 0.6 is 11.6 Å². The largest absolute Gasteiger partial charge is 0.507 e. The number of halogens is 3. The molecule has 114 valence electrons. The first-order chi connectivity index (χ1) is 10.4. The van der Waals surface area contributed by atoms with E-state index in [9.17, 15) is 23.5 Å². The first-order valence-electron chi connectivity index (χ1n) is 5.92. The highest BCUT2D eigenvalue weighted by molar-refractivity contribution is 6.31. The molecule has 0 radical (unpaired) electrons. The monoisotopic (exact) mass is 326 g/mol. The highest BCUT2D eigenvalue weighted by Crippen LogP contribution is 2.21. The van der Waals surface area contributed by atoms with Crippen molar-refractivity contribution in [3.8, 4) is 5.75 Å². The van der Waals surface area contributed by atoms with Crippen LogP contribution in [0.2, 0.25) is 5.02 Å². The van der Waals surface area contributed by atoms with Crippen LogP contribution in [-0.2, 0) is 0 Å². The van der Waals surface area contributed by atoms with Crippen LogP contribution in [0.3, 0.4) is 0 Å². The number of phenolic OH excluding ortho intramolecular Hbond substituents is 1. The Hall–Kier alpha value is -2.67. The molecule has 0 saturated heterocycles. The molecular formula is C14H9ClF2N2O3. The van der Waals surface area contributed by atoms with Crippen molar-refractivity contribution in [2.75, 3.05) is 0 Å². The van der Waals surface area contributed by atoms with Crippen molar-refractivity contribution < 1.29 is 23.5 Å². The molecule has 0 aliphatic rings. The van der Waals surface area contributed by atoms with Gasteiger partial charge in [-0.15, -0.1) is 0 Å². The van der Waals surface area contributed by atoms with E-state index in [2.05, 4.69) is 0 Å². The summed E-state index contributed by atoms with van der Waals surface area (Å²) in [7, 11) is 0. The van der Waals surface area contributed by atoms with Gasteiger partial charge in [0, 0.05) is 16.7 Å². The molecule has 0 saturated carbocycles. The Bertz CT molecular complexity index is 733. The predicted molar refractivity (Wildman–Crippen MR) is 74.4 cm³/mol. The van der Waals surface area contributed by atoms with Crippen LogP contribution in [0.15, 0.2) is 36.4 Å². The van der Waals surface area contributed by atoms with Crippen LogP contribution in [-0.4, -0.2) is 16.9 Å². The van der Waals surface area contributed by atoms with Crippen molar-refractivity contribution in [1.29, 1.82) is 0 Å². The fraction of sp³-hybridized carbons (Fsp3) is 0. The Balaban J connectivity index is 2.07. The molecule has 0 bridgehead atoms. The van der Waals surface area contributed by atoms with Crippen molar-refractivity contribution in [2.24, 2.45) is 0 Å². The Morgan fingerprint density at radius 3 is 2.18 bits per heavy atom. The van der Waals surface area contributed by atoms with E-state index < -0.39 is 23.4 Å². The molecule has 2 aromatic carbocycles. The van der Waals surface area contributed by atoms with Gasteiger partial charge in [0.15, 0.2) is 0 Å². The van der Waals surface area contributed by atoms with Gasteiger partial charge in [-0.1, -0.05) is 11.6 Å². The van der Waals surface area contributed by atoms with Gasteiger partial charge in [0.1, 0.15) is 17.4 Å². The molecule has 22 heavy (non-hydrogen) atoms. The summed E-state index contributed by atoms with van der Waals surface area (Å²) in [5.41, 5.74) is 3.49. The summed E-state index contributed by atoms with van der Waals surface area (Å²) in [4.78, 5) is 23.5. The molecular weight excluding hydrogens is 318 g/mol. The lowest BCUT2D eigenvalue weighted by Gasteiger charge is -2.09. The molecule has 5 nitrogen and oxygen atoms in total. The van der Waals surface area contributed by atoms with Crippen LogP contribution < -0.4 is 10.9 Å². The quantitative estimate of drug-likeness (QED) is 0.742. The van der Waals surface area contributed by atoms with Crippen LogP contribution in [0, 0.1) is 11.6 Å². The van der Waals surface area contributed by atoms with Gasteiger partial charge in [0.2, 0.25) is 0 Å². The van der Waals surface area contributed by atoms with Crippen LogP contribution in [0.25, 0.3) is 0 Å². The van der Waals surface area contributed by atoms with Crippen LogP contribution in [0.1, 0.15) is 20.7 Å². The summed E-state index contributed by atoms with van der Waals surface area (Å²) in [6.45, 7) is 0. The molecule has 0 aliphatic carbocycles. The van der Waals surface area contributed by atoms with Crippen molar-refractivity contribution in [3.05, 3.63) is 64.2 Å². The second kappa shape index (κ2) is 6.40. The number of hydrazine groups is 1. The zero-order chi connectivity index (χ0) is 16.3. The molecule has 2 aromatic rings. The van der Waals surface area contributed by atoms with Crippen LogP contribution in [0.5, 0.6) is 5.75 Å². The normalized spacial score (nSPS) is 10.1. The highest BCUT2D eigenvalue weighted by Gasteiger charge is 2.14. The molecule has 0 heterocycles. The zero-order valence-electron chi connectivity index (χ0n) is 10.9. The molecule has 0 atom stereocenters. The minimum atomic E-state index is -0.927. The van der Waals surface area contributed by atoms with E-state index in [1.54, 1.807) is 0 Å². The van der Waals surface area contributed by atoms with E-state index in [0.717, 1.165) is 12.1 Å². The van der Waals surface area contributed by atoms with Gasteiger partial charge in [-0.2, -0.15) is 0 Å². The molecule has 2 rings (SSSR count). The van der Waals surface area contributed by atoms with Gasteiger partial charge in [0.25, 0.3) is 11.8 Å². The fourth-order valence-corrected chi connectivity index (χ4v) is 1.80. The highest BCUT2D eigenvalue weighted by atomic mass is 35.5. The average Bonchev–Trinajstić information content (AvgIpc) is 2.45. The first kappa shape index (κ1) is 15.7. The van der Waals surface area contributed by atoms with E-state index in [1.807, 2.05) is 10.9 Å². The SMILES string of the molecule is O=C(NNC(=O)c1cc(Cl)ccc1O)c1cc(F)cc(F)c1. The summed E-state index contributed by atoms with van der Waals surface area (Å²) < 4.78 is 26.0. The summed E-state index contributed by atoms with van der Waals surface area (Å²) in [5, 5.41) is 9.74. The molecule has 8 heteroatoms. The lowest BCUT2D eigenvalue weighted by atomic mass is 10.2. The molecule has 0 unspecified atom stereocenters. The maximum atomic E-state index is 13.0. The number of hydrogen-bond acceptors (Lipinski definition) is 3. The van der Waals surface area contributed by atoms with E-state index in [1.165, 1.54) is 18.2 Å². The van der Waals surface area contributed by atoms with Crippen molar-refractivity contribution in [3.63, 3.8) is 0 Å². The standard InChI is InChI=1S/C14H9ClF2N2O3/c15-8-1-2-12(20)11(5-8)14(22)19-18-13(21)7-3-9(16)6-10(17)4-7/h1-6,20H,(H,18,21)(H,19,22). The Morgan fingerprint density at radius 1 is 0.955 bits per heavy atom. The maximum Gasteiger partial charge on any atom is 0.273 e. The van der Waals surface area contributed by atoms with E-state index >= 15 is 0 Å². The van der Waals surface area contributed by atoms with Crippen molar-refractivity contribution in [1.82, 2.24) is 10.9 Å². The number of benzene rings is 2. The molecule has 0 aromatic heterocycles. The third-order valence-corrected chi connectivity index (χ3v) is 2.85. The lowest BCUT2D eigenvalue weighted by Crippen LogP contribution is -2.41. The second-order valence-electron chi connectivity index (χ2n) is 4.23. The molecule has 0 aliphatic heterocycles. The molecule has 0 spiro atoms. The number of carbonyl (C=O) groups is 2. The summed E-state index contributed by atoms with van der Waals surface area (Å²) in [6.07, 6.45) is 0. The number of amides is 2. The van der Waals surface area contributed by atoms with Gasteiger partial charge < -0.3 is 5.11 Å². The van der Waals surface area contributed by atoms with Crippen molar-refractivity contribution >= 4 is 23.4 Å². The summed E-state index contributed by atoms with van der Waals surface area (Å²) >= 11 is 5.69. The number of phenols is 1. The topological polar surface area (TPSA) is 78.4 Å². The Morgan fingerprint density at radius 2 is 1.55 bits per heavy atom. The first-order valence-corrected chi connectivity index (χ1v) is 6.30. The average molecular weight is 327 g/mol. The van der Waals surface area contributed by atoms with Gasteiger partial charge in [0.05, 0.1) is 5.56 Å². The lowest BCUT2D eigenvalue weighted by molar-refractivity contribution is 0.0844. The smallest absolute Gasteiger partial charge is 0.273 e. The summed E-state index contributed by atoms with van der Waals surface area (Å²) in [6, 6.07) is 6.01.